The predicted octanol–water partition coefficient (Wildman–Crippen LogP) is 2.11. The Hall–Kier alpha value is -2.41. The van der Waals surface area contributed by atoms with Gasteiger partial charge >= 0.3 is 6.03 Å². The van der Waals surface area contributed by atoms with Gasteiger partial charge in [-0.15, -0.1) is 0 Å². The Balaban J connectivity index is 1.48. The van der Waals surface area contributed by atoms with E-state index < -0.39 is 0 Å². The summed E-state index contributed by atoms with van der Waals surface area (Å²) < 4.78 is 14.6. The second-order valence-electron chi connectivity index (χ2n) is 6.06. The summed E-state index contributed by atoms with van der Waals surface area (Å²) in [5, 5.41) is 19.5. The molecule has 3 N–H and O–H groups in total. The van der Waals surface area contributed by atoms with Crippen molar-refractivity contribution < 1.29 is 14.3 Å². The molecule has 3 rings (SSSR count). The first kappa shape index (κ1) is 16.4. The lowest BCUT2D eigenvalue weighted by Crippen LogP contribution is -2.43. The van der Waals surface area contributed by atoms with Crippen molar-refractivity contribution >= 4 is 6.03 Å². The summed E-state index contributed by atoms with van der Waals surface area (Å²) in [5.74, 6) is -0.292. The molecular formula is C17H21FN4O2. The molecule has 2 amide bonds. The number of hydrogen-bond donors (Lipinski definition) is 3. The molecule has 128 valence electrons. The molecule has 1 aliphatic rings. The van der Waals surface area contributed by atoms with Gasteiger partial charge in [-0.2, -0.15) is 5.10 Å². The predicted molar refractivity (Wildman–Crippen MR) is 87.2 cm³/mol. The average Bonchev–Trinajstić information content (AvgIpc) is 3.05. The fourth-order valence-corrected chi connectivity index (χ4v) is 2.82. The first-order chi connectivity index (χ1) is 11.6. The lowest BCUT2D eigenvalue weighted by Gasteiger charge is -2.26. The highest BCUT2D eigenvalue weighted by Crippen LogP contribution is 2.18. The molecule has 1 aliphatic carbocycles. The van der Waals surface area contributed by atoms with Crippen molar-refractivity contribution in [3.05, 3.63) is 48.0 Å². The Morgan fingerprint density at radius 1 is 1.21 bits per heavy atom. The third-order valence-corrected chi connectivity index (χ3v) is 4.20. The Morgan fingerprint density at radius 3 is 2.62 bits per heavy atom. The van der Waals surface area contributed by atoms with Crippen molar-refractivity contribution in [3.8, 4) is 5.69 Å². The van der Waals surface area contributed by atoms with Crippen LogP contribution >= 0.6 is 0 Å². The Bertz CT molecular complexity index is 678. The van der Waals surface area contributed by atoms with Crippen LogP contribution in [0, 0.1) is 5.82 Å². The lowest BCUT2D eigenvalue weighted by atomic mass is 9.93. The lowest BCUT2D eigenvalue weighted by molar-refractivity contribution is 0.117. The number of carbonyl (C=O) groups excluding carboxylic acids is 1. The smallest absolute Gasteiger partial charge is 0.315 e. The molecule has 0 spiro atoms. The molecule has 0 aliphatic heterocycles. The van der Waals surface area contributed by atoms with Crippen molar-refractivity contribution in [1.82, 2.24) is 20.4 Å². The number of amides is 2. The van der Waals surface area contributed by atoms with Gasteiger partial charge in [0.25, 0.3) is 0 Å². The van der Waals surface area contributed by atoms with Gasteiger partial charge in [-0.05, 0) is 56.0 Å². The maximum atomic E-state index is 12.9. The molecule has 6 nitrogen and oxygen atoms in total. The number of nitrogens with one attached hydrogen (secondary N) is 2. The van der Waals surface area contributed by atoms with Crippen molar-refractivity contribution in [2.24, 2.45) is 0 Å². The van der Waals surface area contributed by atoms with E-state index in [9.17, 15) is 14.3 Å². The van der Waals surface area contributed by atoms with Gasteiger partial charge in [0, 0.05) is 12.2 Å². The zero-order valence-corrected chi connectivity index (χ0v) is 13.3. The zero-order valence-electron chi connectivity index (χ0n) is 13.3. The molecule has 0 atom stereocenters. The molecule has 1 aromatic heterocycles. The summed E-state index contributed by atoms with van der Waals surface area (Å²) in [4.78, 5) is 11.9. The SMILES string of the molecule is O=C(NCc1ccn(-c2ccc(F)cc2)n1)NC1CCC(O)CC1. The zero-order chi connectivity index (χ0) is 16.9. The van der Waals surface area contributed by atoms with E-state index in [1.807, 2.05) is 0 Å². The van der Waals surface area contributed by atoms with Crippen LogP contribution in [0.5, 0.6) is 0 Å². The second kappa shape index (κ2) is 7.44. The summed E-state index contributed by atoms with van der Waals surface area (Å²) >= 11 is 0. The van der Waals surface area contributed by atoms with Crippen molar-refractivity contribution in [2.45, 2.75) is 44.4 Å². The van der Waals surface area contributed by atoms with Crippen LogP contribution in [0.15, 0.2) is 36.5 Å². The molecule has 2 aromatic rings. The van der Waals surface area contributed by atoms with Crippen LogP contribution in [0.25, 0.3) is 5.69 Å². The molecule has 0 bridgehead atoms. The van der Waals surface area contributed by atoms with E-state index in [0.29, 0.717) is 12.2 Å². The average molecular weight is 332 g/mol. The number of aliphatic hydroxyl groups is 1. The molecule has 1 aromatic carbocycles. The van der Waals surface area contributed by atoms with E-state index >= 15 is 0 Å². The number of nitrogens with zero attached hydrogens (tertiary/aromatic N) is 2. The number of aromatic nitrogens is 2. The highest BCUT2D eigenvalue weighted by Gasteiger charge is 2.20. The normalized spacial score (nSPS) is 20.6. The van der Waals surface area contributed by atoms with Crippen molar-refractivity contribution in [3.63, 3.8) is 0 Å². The van der Waals surface area contributed by atoms with Gasteiger partial charge in [0.15, 0.2) is 0 Å². The van der Waals surface area contributed by atoms with E-state index in [2.05, 4.69) is 15.7 Å². The Labute approximate surface area is 139 Å². The first-order valence-corrected chi connectivity index (χ1v) is 8.13. The molecule has 0 unspecified atom stereocenters. The molecule has 24 heavy (non-hydrogen) atoms. The molecule has 0 radical (unpaired) electrons. The fraction of sp³-hybridized carbons (Fsp3) is 0.412. The quantitative estimate of drug-likeness (QED) is 0.802. The summed E-state index contributed by atoms with van der Waals surface area (Å²) in [6.07, 6.45) is 4.59. The third-order valence-electron chi connectivity index (χ3n) is 4.20. The Morgan fingerprint density at radius 2 is 1.92 bits per heavy atom. The van der Waals surface area contributed by atoms with Gasteiger partial charge in [-0.1, -0.05) is 0 Å². The molecule has 1 saturated carbocycles. The summed E-state index contributed by atoms with van der Waals surface area (Å²) in [5.41, 5.74) is 1.47. The van der Waals surface area contributed by atoms with Crippen LogP contribution in [0.1, 0.15) is 31.4 Å². The topological polar surface area (TPSA) is 79.2 Å². The molecule has 7 heteroatoms. The highest BCUT2D eigenvalue weighted by molar-refractivity contribution is 5.74. The maximum Gasteiger partial charge on any atom is 0.315 e. The van der Waals surface area contributed by atoms with Gasteiger partial charge in [-0.25, -0.2) is 13.9 Å². The summed E-state index contributed by atoms with van der Waals surface area (Å²) in [7, 11) is 0. The number of rotatable bonds is 4. The van der Waals surface area contributed by atoms with Gasteiger partial charge in [0.2, 0.25) is 0 Å². The molecule has 1 fully saturated rings. The van der Waals surface area contributed by atoms with Crippen LogP contribution < -0.4 is 10.6 Å². The van der Waals surface area contributed by atoms with Gasteiger partial charge in [0.1, 0.15) is 5.82 Å². The monoisotopic (exact) mass is 332 g/mol. The van der Waals surface area contributed by atoms with E-state index in [0.717, 1.165) is 31.4 Å². The molecule has 0 saturated heterocycles. The van der Waals surface area contributed by atoms with E-state index in [1.165, 1.54) is 12.1 Å². The minimum absolute atomic E-state index is 0.116. The minimum atomic E-state index is -0.292. The molecule has 1 heterocycles. The second-order valence-corrected chi connectivity index (χ2v) is 6.06. The fourth-order valence-electron chi connectivity index (χ4n) is 2.82. The Kier molecular flexibility index (Phi) is 5.10. The molecular weight excluding hydrogens is 311 g/mol. The van der Waals surface area contributed by atoms with Gasteiger partial charge in [0.05, 0.1) is 24.0 Å². The number of aliphatic hydroxyl groups excluding tert-OH is 1. The van der Waals surface area contributed by atoms with Crippen LogP contribution in [0.4, 0.5) is 9.18 Å². The van der Waals surface area contributed by atoms with Crippen LogP contribution in [-0.2, 0) is 6.54 Å². The first-order valence-electron chi connectivity index (χ1n) is 8.13. The minimum Gasteiger partial charge on any atom is -0.393 e. The van der Waals surface area contributed by atoms with E-state index in [1.54, 1.807) is 29.1 Å². The summed E-state index contributed by atoms with van der Waals surface area (Å²) in [6, 6.07) is 7.74. The highest BCUT2D eigenvalue weighted by atomic mass is 19.1. The number of benzene rings is 1. The van der Waals surface area contributed by atoms with Crippen LogP contribution in [0.2, 0.25) is 0 Å². The van der Waals surface area contributed by atoms with Crippen molar-refractivity contribution in [2.75, 3.05) is 0 Å². The van der Waals surface area contributed by atoms with E-state index in [4.69, 9.17) is 0 Å². The van der Waals surface area contributed by atoms with Crippen molar-refractivity contribution in [1.29, 1.82) is 0 Å². The number of urea groups is 1. The summed E-state index contributed by atoms with van der Waals surface area (Å²) in [6.45, 7) is 0.315. The third kappa shape index (κ3) is 4.32. The number of halogens is 1. The largest absolute Gasteiger partial charge is 0.393 e. The van der Waals surface area contributed by atoms with Gasteiger partial charge < -0.3 is 15.7 Å². The van der Waals surface area contributed by atoms with Gasteiger partial charge in [-0.3, -0.25) is 0 Å². The maximum absolute atomic E-state index is 12.9. The number of hydrogen-bond acceptors (Lipinski definition) is 3. The standard InChI is InChI=1S/C17H21FN4O2/c18-12-1-5-15(6-2-12)22-10-9-14(21-22)11-19-17(24)20-13-3-7-16(23)8-4-13/h1-2,5-6,9-10,13,16,23H,3-4,7-8,11H2,(H2,19,20,24). The van der Waals surface area contributed by atoms with Crippen LogP contribution in [0.3, 0.4) is 0 Å². The number of carbonyl (C=O) groups is 1. The van der Waals surface area contributed by atoms with Crippen LogP contribution in [-0.4, -0.2) is 33.1 Å². The van der Waals surface area contributed by atoms with E-state index in [-0.39, 0.29) is 24.0 Å².